The minimum atomic E-state index is 0.134. The average molecular weight is 279 g/mol. The fourth-order valence-corrected chi connectivity index (χ4v) is 3.06. The van der Waals surface area contributed by atoms with Crippen molar-refractivity contribution in [2.24, 2.45) is 5.84 Å². The smallest absolute Gasteiger partial charge is 0.148 e. The van der Waals surface area contributed by atoms with Gasteiger partial charge in [-0.15, -0.1) is 0 Å². The number of rotatable bonds is 6. The number of nitrogen functional groups attached to an aromatic ring is 1. The molecule has 4 N–H and O–H groups in total. The lowest BCUT2D eigenvalue weighted by molar-refractivity contribution is 0.289. The molecule has 0 aliphatic heterocycles. The SMILES string of the molecule is CCc1c(NN)ncnc1N(CCO)C1CCCCC1. The molecule has 1 aliphatic rings. The quantitative estimate of drug-likeness (QED) is 0.540. The molecule has 0 atom stereocenters. The third kappa shape index (κ3) is 3.19. The van der Waals surface area contributed by atoms with Crippen LogP contribution in [-0.4, -0.2) is 34.3 Å². The standard InChI is InChI=1S/C14H25N5O/c1-2-12-13(18-15)16-10-17-14(12)19(8-9-20)11-6-4-3-5-7-11/h10-11,20H,2-9,15H2,1H3,(H,16,17,18). The predicted molar refractivity (Wildman–Crippen MR) is 80.5 cm³/mol. The van der Waals surface area contributed by atoms with Gasteiger partial charge in [-0.05, 0) is 19.3 Å². The summed E-state index contributed by atoms with van der Waals surface area (Å²) < 4.78 is 0. The Balaban J connectivity index is 2.32. The third-order valence-corrected chi connectivity index (χ3v) is 4.04. The summed E-state index contributed by atoms with van der Waals surface area (Å²) in [5, 5.41) is 9.39. The van der Waals surface area contributed by atoms with Gasteiger partial charge in [0.25, 0.3) is 0 Å². The van der Waals surface area contributed by atoms with Crippen molar-refractivity contribution in [3.63, 3.8) is 0 Å². The van der Waals surface area contributed by atoms with Crippen molar-refractivity contribution in [1.29, 1.82) is 0 Å². The van der Waals surface area contributed by atoms with E-state index >= 15 is 0 Å². The summed E-state index contributed by atoms with van der Waals surface area (Å²) >= 11 is 0. The van der Waals surface area contributed by atoms with Crippen molar-refractivity contribution < 1.29 is 5.11 Å². The number of nitrogens with one attached hydrogen (secondary N) is 1. The molecule has 0 saturated heterocycles. The first-order valence-corrected chi connectivity index (χ1v) is 7.49. The van der Waals surface area contributed by atoms with Crippen LogP contribution in [-0.2, 0) is 6.42 Å². The Bertz CT molecular complexity index is 420. The van der Waals surface area contributed by atoms with Crippen molar-refractivity contribution in [3.05, 3.63) is 11.9 Å². The Morgan fingerprint density at radius 2 is 2.10 bits per heavy atom. The van der Waals surface area contributed by atoms with E-state index in [1.165, 1.54) is 38.4 Å². The Labute approximate surface area is 120 Å². The van der Waals surface area contributed by atoms with E-state index in [0.717, 1.165) is 17.8 Å². The van der Waals surface area contributed by atoms with Crippen molar-refractivity contribution in [2.75, 3.05) is 23.5 Å². The van der Waals surface area contributed by atoms with Crippen LogP contribution in [0.25, 0.3) is 0 Å². The van der Waals surface area contributed by atoms with Crippen LogP contribution in [0.3, 0.4) is 0 Å². The number of aliphatic hydroxyl groups excluding tert-OH is 1. The normalized spacial score (nSPS) is 16.1. The van der Waals surface area contributed by atoms with Gasteiger partial charge in [0.2, 0.25) is 0 Å². The largest absolute Gasteiger partial charge is 0.395 e. The molecule has 1 aliphatic carbocycles. The first-order chi connectivity index (χ1) is 9.81. The second-order valence-electron chi connectivity index (χ2n) is 5.23. The monoisotopic (exact) mass is 279 g/mol. The zero-order valence-corrected chi connectivity index (χ0v) is 12.2. The van der Waals surface area contributed by atoms with Crippen LogP contribution in [0.5, 0.6) is 0 Å². The number of hydrogen-bond donors (Lipinski definition) is 3. The highest BCUT2D eigenvalue weighted by Gasteiger charge is 2.24. The maximum absolute atomic E-state index is 9.39. The van der Waals surface area contributed by atoms with Crippen molar-refractivity contribution >= 4 is 11.6 Å². The Kier molecular flexibility index (Phi) is 5.55. The number of nitrogens with zero attached hydrogens (tertiary/aromatic N) is 3. The van der Waals surface area contributed by atoms with Crippen LogP contribution in [0.4, 0.5) is 11.6 Å². The summed E-state index contributed by atoms with van der Waals surface area (Å²) in [4.78, 5) is 10.9. The van der Waals surface area contributed by atoms with Crippen LogP contribution in [0, 0.1) is 0 Å². The maximum Gasteiger partial charge on any atom is 0.148 e. The molecule has 6 heteroatoms. The summed E-state index contributed by atoms with van der Waals surface area (Å²) in [6, 6.07) is 0.460. The van der Waals surface area contributed by atoms with Gasteiger partial charge in [-0.2, -0.15) is 0 Å². The summed E-state index contributed by atoms with van der Waals surface area (Å²) in [6.07, 6.45) is 8.49. The molecule has 0 radical (unpaired) electrons. The molecule has 1 saturated carbocycles. The molecular formula is C14H25N5O. The molecule has 1 aromatic rings. The lowest BCUT2D eigenvalue weighted by Crippen LogP contribution is -2.40. The van der Waals surface area contributed by atoms with E-state index in [4.69, 9.17) is 5.84 Å². The van der Waals surface area contributed by atoms with E-state index in [1.54, 1.807) is 0 Å². The summed E-state index contributed by atoms with van der Waals surface area (Å²) in [5.41, 5.74) is 3.67. The fraction of sp³-hybridized carbons (Fsp3) is 0.714. The molecule has 0 amide bonds. The first-order valence-electron chi connectivity index (χ1n) is 7.49. The topological polar surface area (TPSA) is 87.3 Å². The van der Waals surface area contributed by atoms with Crippen molar-refractivity contribution in [2.45, 2.75) is 51.5 Å². The van der Waals surface area contributed by atoms with E-state index in [9.17, 15) is 5.11 Å². The minimum Gasteiger partial charge on any atom is -0.395 e. The molecule has 1 heterocycles. The van der Waals surface area contributed by atoms with E-state index in [1.807, 2.05) is 0 Å². The van der Waals surface area contributed by atoms with Gasteiger partial charge in [-0.3, -0.25) is 0 Å². The van der Waals surface area contributed by atoms with Crippen LogP contribution >= 0.6 is 0 Å². The molecule has 1 fully saturated rings. The van der Waals surface area contributed by atoms with Gasteiger partial charge in [0, 0.05) is 18.2 Å². The second-order valence-corrected chi connectivity index (χ2v) is 5.23. The van der Waals surface area contributed by atoms with Gasteiger partial charge in [0.15, 0.2) is 0 Å². The molecule has 1 aromatic heterocycles. The molecule has 0 aromatic carbocycles. The van der Waals surface area contributed by atoms with Gasteiger partial charge in [-0.25, -0.2) is 15.8 Å². The van der Waals surface area contributed by atoms with Crippen molar-refractivity contribution in [1.82, 2.24) is 9.97 Å². The molecule has 112 valence electrons. The Hall–Kier alpha value is -1.40. The average Bonchev–Trinajstić information content (AvgIpc) is 2.52. The molecule has 0 bridgehead atoms. The molecule has 0 unspecified atom stereocenters. The maximum atomic E-state index is 9.39. The first kappa shape index (κ1) is 15.0. The highest BCUT2D eigenvalue weighted by atomic mass is 16.3. The predicted octanol–water partition coefficient (Wildman–Crippen LogP) is 1.46. The number of nitrogens with two attached hydrogens (primary N) is 1. The summed E-state index contributed by atoms with van der Waals surface area (Å²) in [6.45, 7) is 2.81. The molecule has 2 rings (SSSR count). The van der Waals surface area contributed by atoms with Crippen LogP contribution in [0.2, 0.25) is 0 Å². The zero-order valence-electron chi connectivity index (χ0n) is 12.2. The summed E-state index contributed by atoms with van der Waals surface area (Å²) in [5.74, 6) is 7.13. The van der Waals surface area contributed by atoms with Gasteiger partial charge >= 0.3 is 0 Å². The van der Waals surface area contributed by atoms with Gasteiger partial charge in [0.05, 0.1) is 6.61 Å². The molecule has 6 nitrogen and oxygen atoms in total. The Morgan fingerprint density at radius 1 is 1.35 bits per heavy atom. The van der Waals surface area contributed by atoms with Crippen LogP contribution < -0.4 is 16.2 Å². The zero-order chi connectivity index (χ0) is 14.4. The highest BCUT2D eigenvalue weighted by Crippen LogP contribution is 2.30. The number of aliphatic hydroxyl groups is 1. The second kappa shape index (κ2) is 7.40. The van der Waals surface area contributed by atoms with Gasteiger partial charge in [0.1, 0.15) is 18.0 Å². The Morgan fingerprint density at radius 3 is 2.70 bits per heavy atom. The van der Waals surface area contributed by atoms with Gasteiger partial charge < -0.3 is 15.4 Å². The van der Waals surface area contributed by atoms with E-state index in [-0.39, 0.29) is 6.61 Å². The number of hydrazine groups is 1. The summed E-state index contributed by atoms with van der Waals surface area (Å²) in [7, 11) is 0. The van der Waals surface area contributed by atoms with E-state index in [0.29, 0.717) is 18.4 Å². The molecule has 20 heavy (non-hydrogen) atoms. The highest BCUT2D eigenvalue weighted by molar-refractivity contribution is 5.58. The fourth-order valence-electron chi connectivity index (χ4n) is 3.06. The molecular weight excluding hydrogens is 254 g/mol. The minimum absolute atomic E-state index is 0.134. The lowest BCUT2D eigenvalue weighted by atomic mass is 9.94. The van der Waals surface area contributed by atoms with Gasteiger partial charge in [-0.1, -0.05) is 26.2 Å². The number of anilines is 2. The third-order valence-electron chi connectivity index (χ3n) is 4.04. The lowest BCUT2D eigenvalue weighted by Gasteiger charge is -2.36. The number of aromatic nitrogens is 2. The van der Waals surface area contributed by atoms with E-state index in [2.05, 4.69) is 27.2 Å². The van der Waals surface area contributed by atoms with Crippen molar-refractivity contribution in [3.8, 4) is 0 Å². The van der Waals surface area contributed by atoms with Crippen LogP contribution in [0.15, 0.2) is 6.33 Å². The van der Waals surface area contributed by atoms with Crippen LogP contribution in [0.1, 0.15) is 44.6 Å². The number of hydrogen-bond acceptors (Lipinski definition) is 6. The molecule has 0 spiro atoms. The van der Waals surface area contributed by atoms with E-state index < -0.39 is 0 Å².